The summed E-state index contributed by atoms with van der Waals surface area (Å²) in [6.07, 6.45) is 8.81. The van der Waals surface area contributed by atoms with Gasteiger partial charge >= 0.3 is 0 Å². The molecular formula is C19H25NO. The Hall–Kier alpha value is -1.31. The van der Waals surface area contributed by atoms with Crippen LogP contribution in [0.2, 0.25) is 0 Å². The topological polar surface area (TPSA) is 29.1 Å². The zero-order valence-electron chi connectivity index (χ0n) is 12.9. The third kappa shape index (κ3) is 2.39. The van der Waals surface area contributed by atoms with Crippen LogP contribution in [-0.4, -0.2) is 5.91 Å². The van der Waals surface area contributed by atoms with Crippen LogP contribution in [0.1, 0.15) is 50.5 Å². The van der Waals surface area contributed by atoms with E-state index in [1.807, 2.05) is 12.1 Å². The van der Waals surface area contributed by atoms with Gasteiger partial charge in [0.15, 0.2) is 0 Å². The van der Waals surface area contributed by atoms with Crippen molar-refractivity contribution in [3.8, 4) is 0 Å². The van der Waals surface area contributed by atoms with Crippen LogP contribution >= 0.6 is 0 Å². The Kier molecular flexibility index (Phi) is 3.09. The number of anilines is 1. The number of rotatable bonds is 2. The van der Waals surface area contributed by atoms with E-state index in [0.717, 1.165) is 42.7 Å². The van der Waals surface area contributed by atoms with Gasteiger partial charge in [0.25, 0.3) is 0 Å². The number of aryl methyl sites for hydroxylation is 1. The van der Waals surface area contributed by atoms with Gasteiger partial charge in [0.1, 0.15) is 0 Å². The normalized spacial score (nSPS) is 37.3. The van der Waals surface area contributed by atoms with Gasteiger partial charge in [0, 0.05) is 5.69 Å². The van der Waals surface area contributed by atoms with Crippen molar-refractivity contribution in [1.82, 2.24) is 0 Å². The summed E-state index contributed by atoms with van der Waals surface area (Å²) in [5.41, 5.74) is 2.13. The molecule has 2 unspecified atom stereocenters. The molecule has 4 fully saturated rings. The molecule has 4 saturated carbocycles. The lowest BCUT2D eigenvalue weighted by Crippen LogP contribution is -2.42. The highest BCUT2D eigenvalue weighted by Crippen LogP contribution is 2.57. The largest absolute Gasteiger partial charge is 0.326 e. The van der Waals surface area contributed by atoms with Gasteiger partial charge in [-0.1, -0.05) is 17.7 Å². The second-order valence-electron chi connectivity index (χ2n) is 7.85. The summed E-state index contributed by atoms with van der Waals surface area (Å²) in [4.78, 5) is 13.0. The second kappa shape index (κ2) is 4.86. The minimum atomic E-state index is -0.0658. The van der Waals surface area contributed by atoms with Gasteiger partial charge in [-0.15, -0.1) is 0 Å². The van der Waals surface area contributed by atoms with Crippen molar-refractivity contribution >= 4 is 11.6 Å². The summed E-state index contributed by atoms with van der Waals surface area (Å²) < 4.78 is 0. The molecule has 4 aliphatic rings. The highest BCUT2D eigenvalue weighted by molar-refractivity contribution is 5.95. The molecule has 5 rings (SSSR count). The van der Waals surface area contributed by atoms with Crippen molar-refractivity contribution in [3.63, 3.8) is 0 Å². The molecule has 4 atom stereocenters. The van der Waals surface area contributed by atoms with E-state index in [9.17, 15) is 4.79 Å². The first-order chi connectivity index (χ1) is 10.1. The first-order valence-corrected chi connectivity index (χ1v) is 8.51. The van der Waals surface area contributed by atoms with Crippen molar-refractivity contribution < 1.29 is 4.79 Å². The van der Waals surface area contributed by atoms with Crippen LogP contribution in [0.4, 0.5) is 5.69 Å². The van der Waals surface area contributed by atoms with Crippen LogP contribution in [0.3, 0.4) is 0 Å². The van der Waals surface area contributed by atoms with E-state index in [4.69, 9.17) is 0 Å². The summed E-state index contributed by atoms with van der Waals surface area (Å²) in [6, 6.07) is 8.20. The van der Waals surface area contributed by atoms with Gasteiger partial charge in [-0.05, 0) is 81.8 Å². The van der Waals surface area contributed by atoms with E-state index in [1.165, 1.54) is 31.2 Å². The molecule has 0 saturated heterocycles. The fourth-order valence-electron chi connectivity index (χ4n) is 5.34. The van der Waals surface area contributed by atoms with Crippen molar-refractivity contribution in [3.05, 3.63) is 29.8 Å². The summed E-state index contributed by atoms with van der Waals surface area (Å²) in [5, 5.41) is 3.21. The molecule has 0 radical (unpaired) electrons. The zero-order valence-corrected chi connectivity index (χ0v) is 12.9. The highest BCUT2D eigenvalue weighted by Gasteiger charge is 2.51. The minimum Gasteiger partial charge on any atom is -0.326 e. The maximum absolute atomic E-state index is 13.0. The Morgan fingerprint density at radius 2 is 1.67 bits per heavy atom. The predicted molar refractivity (Wildman–Crippen MR) is 85.0 cm³/mol. The fraction of sp³-hybridized carbons (Fsp3) is 0.632. The summed E-state index contributed by atoms with van der Waals surface area (Å²) in [6.45, 7) is 2.08. The molecule has 112 valence electrons. The standard InChI is InChI=1S/C19H25NO/c1-13-2-4-17(5-3-13)20-18(21)19-7-6-14-8-15(11-19)10-16(9-14)12-19/h2-5,14-16H,6-12H2,1H3,(H,20,21)/t14?,15-,16+,19?. The van der Waals surface area contributed by atoms with E-state index in [0.29, 0.717) is 5.91 Å². The maximum atomic E-state index is 13.0. The predicted octanol–water partition coefficient (Wildman–Crippen LogP) is 4.54. The van der Waals surface area contributed by atoms with Gasteiger partial charge in [-0.3, -0.25) is 4.79 Å². The van der Waals surface area contributed by atoms with Crippen LogP contribution in [0.25, 0.3) is 0 Å². The van der Waals surface area contributed by atoms with Crippen LogP contribution in [0, 0.1) is 30.1 Å². The van der Waals surface area contributed by atoms with E-state index in [1.54, 1.807) is 0 Å². The fourth-order valence-corrected chi connectivity index (χ4v) is 5.34. The van der Waals surface area contributed by atoms with Crippen molar-refractivity contribution in [1.29, 1.82) is 0 Å². The SMILES string of the molecule is Cc1ccc(NC(=O)C23CCC4C[C@H](C[C@H](C4)C2)C3)cc1. The molecular weight excluding hydrogens is 258 g/mol. The Morgan fingerprint density at radius 3 is 2.33 bits per heavy atom. The number of fused-ring (bicyclic) bond motifs is 1. The second-order valence-corrected chi connectivity index (χ2v) is 7.85. The number of nitrogens with one attached hydrogen (secondary N) is 1. The number of hydrogen-bond acceptors (Lipinski definition) is 1. The molecule has 0 heterocycles. The quantitative estimate of drug-likeness (QED) is 0.848. The Labute approximate surface area is 127 Å². The average molecular weight is 283 g/mol. The molecule has 0 aliphatic heterocycles. The smallest absolute Gasteiger partial charge is 0.230 e. The van der Waals surface area contributed by atoms with Gasteiger partial charge in [0.2, 0.25) is 5.91 Å². The number of benzene rings is 1. The van der Waals surface area contributed by atoms with Gasteiger partial charge < -0.3 is 5.32 Å². The summed E-state index contributed by atoms with van der Waals surface area (Å²) >= 11 is 0. The molecule has 21 heavy (non-hydrogen) atoms. The number of amides is 1. The molecule has 4 bridgehead atoms. The molecule has 4 aliphatic carbocycles. The monoisotopic (exact) mass is 283 g/mol. The van der Waals surface area contributed by atoms with E-state index >= 15 is 0 Å². The van der Waals surface area contributed by atoms with Gasteiger partial charge in [0.05, 0.1) is 5.41 Å². The lowest BCUT2D eigenvalue weighted by Gasteiger charge is -2.44. The van der Waals surface area contributed by atoms with E-state index < -0.39 is 0 Å². The first kappa shape index (κ1) is 13.4. The van der Waals surface area contributed by atoms with Crippen molar-refractivity contribution in [2.24, 2.45) is 23.2 Å². The zero-order chi connectivity index (χ0) is 14.4. The molecule has 1 aromatic carbocycles. The molecule has 2 nitrogen and oxygen atoms in total. The molecule has 2 heteroatoms. The van der Waals surface area contributed by atoms with Crippen LogP contribution in [-0.2, 0) is 4.79 Å². The number of hydrogen-bond donors (Lipinski definition) is 1. The van der Waals surface area contributed by atoms with Crippen molar-refractivity contribution in [2.75, 3.05) is 5.32 Å². The van der Waals surface area contributed by atoms with Crippen LogP contribution in [0.5, 0.6) is 0 Å². The molecule has 0 aromatic heterocycles. The molecule has 0 spiro atoms. The van der Waals surface area contributed by atoms with E-state index in [2.05, 4.69) is 24.4 Å². The molecule has 1 amide bonds. The van der Waals surface area contributed by atoms with Crippen LogP contribution < -0.4 is 5.32 Å². The summed E-state index contributed by atoms with van der Waals surface area (Å²) in [5.74, 6) is 2.83. The number of carbonyl (C=O) groups is 1. The third-order valence-electron chi connectivity index (χ3n) is 6.18. The number of carbonyl (C=O) groups excluding carboxylic acids is 1. The van der Waals surface area contributed by atoms with Gasteiger partial charge in [-0.2, -0.15) is 0 Å². The molecule has 1 N–H and O–H groups in total. The Balaban J connectivity index is 1.56. The lowest BCUT2D eigenvalue weighted by molar-refractivity contribution is -0.130. The van der Waals surface area contributed by atoms with E-state index in [-0.39, 0.29) is 5.41 Å². The highest BCUT2D eigenvalue weighted by atomic mass is 16.2. The first-order valence-electron chi connectivity index (χ1n) is 8.51. The average Bonchev–Trinajstić information content (AvgIpc) is 2.67. The minimum absolute atomic E-state index is 0.0658. The Bertz CT molecular complexity index is 533. The van der Waals surface area contributed by atoms with Crippen LogP contribution in [0.15, 0.2) is 24.3 Å². The lowest BCUT2D eigenvalue weighted by atomic mass is 9.61. The maximum Gasteiger partial charge on any atom is 0.230 e. The third-order valence-corrected chi connectivity index (χ3v) is 6.18. The summed E-state index contributed by atoms with van der Waals surface area (Å²) in [7, 11) is 0. The molecule has 1 aromatic rings. The Morgan fingerprint density at radius 1 is 1.05 bits per heavy atom. The van der Waals surface area contributed by atoms with Crippen molar-refractivity contribution in [2.45, 2.75) is 51.9 Å². The van der Waals surface area contributed by atoms with Gasteiger partial charge in [-0.25, -0.2) is 0 Å².